The second kappa shape index (κ2) is 7.84. The van der Waals surface area contributed by atoms with Crippen LogP contribution in [0.4, 0.5) is 5.95 Å². The summed E-state index contributed by atoms with van der Waals surface area (Å²) in [6.07, 6.45) is 4.24. The Morgan fingerprint density at radius 1 is 1.47 bits per heavy atom. The van der Waals surface area contributed by atoms with Gasteiger partial charge in [0.25, 0.3) is 0 Å². The lowest BCUT2D eigenvalue weighted by molar-refractivity contribution is 0.277. The average Bonchev–Trinajstić information content (AvgIpc) is 2.36. The van der Waals surface area contributed by atoms with Crippen molar-refractivity contribution in [3.05, 3.63) is 12.3 Å². The van der Waals surface area contributed by atoms with Crippen LogP contribution in [-0.2, 0) is 0 Å². The van der Waals surface area contributed by atoms with Crippen LogP contribution in [0.1, 0.15) is 33.1 Å². The summed E-state index contributed by atoms with van der Waals surface area (Å²) in [6.45, 7) is 4.93. The van der Waals surface area contributed by atoms with Gasteiger partial charge < -0.3 is 15.2 Å². The number of hydrogen-bond acceptors (Lipinski definition) is 5. The standard InChI is InChI=1S/C12H21N3O2/c1-3-9-17-11-5-7-13-12(15-11)14-10(4-2)6-8-16/h5,7,10,16H,3-4,6,8-9H2,1-2H3,(H,13,14,15). The summed E-state index contributed by atoms with van der Waals surface area (Å²) < 4.78 is 5.43. The number of nitrogens with one attached hydrogen (secondary N) is 1. The van der Waals surface area contributed by atoms with Crippen molar-refractivity contribution in [3.8, 4) is 5.88 Å². The first-order valence-electron chi connectivity index (χ1n) is 6.13. The molecule has 0 aliphatic carbocycles. The summed E-state index contributed by atoms with van der Waals surface area (Å²) in [5.74, 6) is 1.14. The molecule has 0 saturated carbocycles. The quantitative estimate of drug-likeness (QED) is 0.724. The number of anilines is 1. The van der Waals surface area contributed by atoms with Crippen molar-refractivity contribution in [2.45, 2.75) is 39.2 Å². The van der Waals surface area contributed by atoms with E-state index in [0.717, 1.165) is 12.8 Å². The van der Waals surface area contributed by atoms with Gasteiger partial charge in [-0.05, 0) is 19.3 Å². The van der Waals surface area contributed by atoms with E-state index >= 15 is 0 Å². The number of aromatic nitrogens is 2. The molecule has 0 amide bonds. The van der Waals surface area contributed by atoms with E-state index in [1.807, 2.05) is 0 Å². The van der Waals surface area contributed by atoms with Crippen molar-refractivity contribution in [3.63, 3.8) is 0 Å². The molecular weight excluding hydrogens is 218 g/mol. The maximum atomic E-state index is 8.91. The molecule has 1 unspecified atom stereocenters. The molecule has 1 rings (SSSR count). The molecular formula is C12H21N3O2. The molecule has 96 valence electrons. The van der Waals surface area contributed by atoms with E-state index in [-0.39, 0.29) is 12.6 Å². The topological polar surface area (TPSA) is 67.3 Å². The zero-order chi connectivity index (χ0) is 12.5. The highest BCUT2D eigenvalue weighted by atomic mass is 16.5. The molecule has 0 saturated heterocycles. The van der Waals surface area contributed by atoms with E-state index in [1.54, 1.807) is 12.3 Å². The van der Waals surface area contributed by atoms with Crippen LogP contribution in [0.5, 0.6) is 5.88 Å². The van der Waals surface area contributed by atoms with Crippen molar-refractivity contribution < 1.29 is 9.84 Å². The summed E-state index contributed by atoms with van der Waals surface area (Å²) in [4.78, 5) is 8.39. The third-order valence-corrected chi connectivity index (χ3v) is 2.39. The minimum atomic E-state index is 0.164. The fourth-order valence-corrected chi connectivity index (χ4v) is 1.42. The molecule has 0 spiro atoms. The van der Waals surface area contributed by atoms with Crippen molar-refractivity contribution >= 4 is 5.95 Å². The average molecular weight is 239 g/mol. The van der Waals surface area contributed by atoms with Gasteiger partial charge in [-0.1, -0.05) is 13.8 Å². The summed E-state index contributed by atoms with van der Waals surface area (Å²) in [7, 11) is 0. The third kappa shape index (κ3) is 4.99. The third-order valence-electron chi connectivity index (χ3n) is 2.39. The van der Waals surface area contributed by atoms with Crippen LogP contribution < -0.4 is 10.1 Å². The number of aliphatic hydroxyl groups excluding tert-OH is 1. The molecule has 0 aromatic carbocycles. The Bertz CT molecular complexity index is 320. The van der Waals surface area contributed by atoms with E-state index in [4.69, 9.17) is 9.84 Å². The van der Waals surface area contributed by atoms with Crippen LogP contribution in [0.15, 0.2) is 12.3 Å². The molecule has 17 heavy (non-hydrogen) atoms. The molecule has 0 aliphatic rings. The Hall–Kier alpha value is -1.36. The predicted octanol–water partition coefficient (Wildman–Crippen LogP) is 1.84. The number of hydrogen-bond donors (Lipinski definition) is 2. The highest BCUT2D eigenvalue weighted by Gasteiger charge is 2.07. The molecule has 0 bridgehead atoms. The van der Waals surface area contributed by atoms with Crippen LogP contribution in [0.25, 0.3) is 0 Å². The number of rotatable bonds is 8. The van der Waals surface area contributed by atoms with Gasteiger partial charge in [-0.15, -0.1) is 0 Å². The highest BCUT2D eigenvalue weighted by Crippen LogP contribution is 2.11. The van der Waals surface area contributed by atoms with E-state index in [1.165, 1.54) is 0 Å². The molecule has 5 nitrogen and oxygen atoms in total. The van der Waals surface area contributed by atoms with Gasteiger partial charge >= 0.3 is 0 Å². The maximum absolute atomic E-state index is 8.91. The van der Waals surface area contributed by atoms with Crippen molar-refractivity contribution in [2.24, 2.45) is 0 Å². The van der Waals surface area contributed by atoms with Gasteiger partial charge in [0, 0.05) is 24.9 Å². The number of ether oxygens (including phenoxy) is 1. The highest BCUT2D eigenvalue weighted by molar-refractivity contribution is 5.28. The van der Waals surface area contributed by atoms with E-state index in [0.29, 0.717) is 24.9 Å². The minimum Gasteiger partial charge on any atom is -0.478 e. The van der Waals surface area contributed by atoms with Gasteiger partial charge in [-0.25, -0.2) is 4.98 Å². The Morgan fingerprint density at radius 3 is 2.94 bits per heavy atom. The number of aliphatic hydroxyl groups is 1. The molecule has 1 atom stereocenters. The Labute approximate surface area is 102 Å². The second-order valence-electron chi connectivity index (χ2n) is 3.83. The number of nitrogens with zero attached hydrogens (tertiary/aromatic N) is 2. The van der Waals surface area contributed by atoms with Crippen LogP contribution in [-0.4, -0.2) is 34.3 Å². The summed E-state index contributed by atoms with van der Waals surface area (Å²) in [5, 5.41) is 12.1. The van der Waals surface area contributed by atoms with Crippen LogP contribution in [0.2, 0.25) is 0 Å². The Balaban J connectivity index is 2.57. The molecule has 1 aromatic heterocycles. The van der Waals surface area contributed by atoms with E-state index in [2.05, 4.69) is 29.1 Å². The first-order chi connectivity index (χ1) is 8.30. The minimum absolute atomic E-state index is 0.164. The first kappa shape index (κ1) is 13.7. The predicted molar refractivity (Wildman–Crippen MR) is 67.2 cm³/mol. The van der Waals surface area contributed by atoms with Crippen LogP contribution in [0, 0.1) is 0 Å². The fraction of sp³-hybridized carbons (Fsp3) is 0.667. The van der Waals surface area contributed by atoms with Crippen molar-refractivity contribution in [2.75, 3.05) is 18.5 Å². The Morgan fingerprint density at radius 2 is 2.29 bits per heavy atom. The fourth-order valence-electron chi connectivity index (χ4n) is 1.42. The SMILES string of the molecule is CCCOc1ccnc(NC(CC)CCO)n1. The maximum Gasteiger partial charge on any atom is 0.226 e. The second-order valence-corrected chi connectivity index (χ2v) is 3.83. The zero-order valence-electron chi connectivity index (χ0n) is 10.5. The van der Waals surface area contributed by atoms with Crippen LogP contribution >= 0.6 is 0 Å². The monoisotopic (exact) mass is 239 g/mol. The van der Waals surface area contributed by atoms with Crippen LogP contribution in [0.3, 0.4) is 0 Å². The first-order valence-corrected chi connectivity index (χ1v) is 6.13. The van der Waals surface area contributed by atoms with Gasteiger partial charge in [-0.2, -0.15) is 4.98 Å². The molecule has 0 fully saturated rings. The molecule has 1 aromatic rings. The largest absolute Gasteiger partial charge is 0.478 e. The van der Waals surface area contributed by atoms with Gasteiger partial charge in [0.1, 0.15) is 0 Å². The lowest BCUT2D eigenvalue weighted by atomic mass is 10.2. The van der Waals surface area contributed by atoms with Gasteiger partial charge in [-0.3, -0.25) is 0 Å². The summed E-state index contributed by atoms with van der Waals surface area (Å²) in [6, 6.07) is 1.94. The van der Waals surface area contributed by atoms with Crippen molar-refractivity contribution in [1.29, 1.82) is 0 Å². The summed E-state index contributed by atoms with van der Waals surface area (Å²) >= 11 is 0. The van der Waals surface area contributed by atoms with E-state index in [9.17, 15) is 0 Å². The Kier molecular flexibility index (Phi) is 6.32. The molecule has 5 heteroatoms. The zero-order valence-corrected chi connectivity index (χ0v) is 10.5. The summed E-state index contributed by atoms with van der Waals surface area (Å²) in [5.41, 5.74) is 0. The smallest absolute Gasteiger partial charge is 0.226 e. The van der Waals surface area contributed by atoms with Gasteiger partial charge in [0.15, 0.2) is 0 Å². The van der Waals surface area contributed by atoms with E-state index < -0.39 is 0 Å². The molecule has 1 heterocycles. The lowest BCUT2D eigenvalue weighted by Crippen LogP contribution is -2.21. The normalized spacial score (nSPS) is 12.2. The van der Waals surface area contributed by atoms with Gasteiger partial charge in [0.2, 0.25) is 11.8 Å². The molecule has 0 radical (unpaired) electrons. The van der Waals surface area contributed by atoms with Gasteiger partial charge in [0.05, 0.1) is 6.61 Å². The lowest BCUT2D eigenvalue weighted by Gasteiger charge is -2.15. The molecule has 0 aliphatic heterocycles. The van der Waals surface area contributed by atoms with Crippen molar-refractivity contribution in [1.82, 2.24) is 9.97 Å². The molecule has 2 N–H and O–H groups in total.